The number of hydrogen-bond acceptors (Lipinski definition) is 6. The van der Waals surface area contributed by atoms with Crippen LogP contribution in [0.3, 0.4) is 0 Å². The second kappa shape index (κ2) is 12.1. The zero-order chi connectivity index (χ0) is 25.5. The summed E-state index contributed by atoms with van der Waals surface area (Å²) in [5.41, 5.74) is 3.99. The summed E-state index contributed by atoms with van der Waals surface area (Å²) in [6.07, 6.45) is 5.97. The number of aryl methyl sites for hydroxylation is 2. The molecule has 0 N–H and O–H groups in total. The molecule has 0 bridgehead atoms. The van der Waals surface area contributed by atoms with Gasteiger partial charge in [-0.05, 0) is 61.6 Å². The molecular formula is C29H33N3O3S. The minimum absolute atomic E-state index is 0.153. The first-order valence-electron chi connectivity index (χ1n) is 12.7. The fourth-order valence-electron chi connectivity index (χ4n) is 4.97. The number of carbonyl (C=O) groups is 2. The van der Waals surface area contributed by atoms with Crippen LogP contribution in [0.2, 0.25) is 0 Å². The van der Waals surface area contributed by atoms with Crippen molar-refractivity contribution in [2.75, 3.05) is 6.61 Å². The lowest BCUT2D eigenvalue weighted by Gasteiger charge is -2.22. The van der Waals surface area contributed by atoms with Crippen LogP contribution in [-0.4, -0.2) is 28.1 Å². The van der Waals surface area contributed by atoms with E-state index < -0.39 is 0 Å². The highest BCUT2D eigenvalue weighted by Gasteiger charge is 2.27. The SMILES string of the molecule is CCn1nccc1CCC(=O)OCC1CCc2c(sc(CC(=O)CC(C)c3ccccc3)c2C#N)C1. The van der Waals surface area contributed by atoms with Crippen LogP contribution < -0.4 is 0 Å². The largest absolute Gasteiger partial charge is 0.465 e. The van der Waals surface area contributed by atoms with Gasteiger partial charge in [-0.25, -0.2) is 0 Å². The van der Waals surface area contributed by atoms with Gasteiger partial charge in [-0.1, -0.05) is 37.3 Å². The molecule has 2 heterocycles. The smallest absolute Gasteiger partial charge is 0.306 e. The van der Waals surface area contributed by atoms with Gasteiger partial charge in [-0.3, -0.25) is 14.3 Å². The first kappa shape index (κ1) is 25.8. The second-order valence-electron chi connectivity index (χ2n) is 9.58. The molecule has 2 aromatic heterocycles. The third-order valence-corrected chi connectivity index (χ3v) is 8.24. The van der Waals surface area contributed by atoms with E-state index in [1.165, 1.54) is 4.88 Å². The van der Waals surface area contributed by atoms with Gasteiger partial charge in [0.25, 0.3) is 0 Å². The Balaban J connectivity index is 1.30. The molecule has 0 amide bonds. The number of carbonyl (C=O) groups excluding carboxylic acids is 2. The quantitative estimate of drug-likeness (QED) is 0.326. The van der Waals surface area contributed by atoms with Crippen LogP contribution in [0.1, 0.15) is 71.2 Å². The molecule has 0 radical (unpaired) electrons. The molecule has 1 aromatic carbocycles. The van der Waals surface area contributed by atoms with Crippen molar-refractivity contribution in [3.05, 3.63) is 74.7 Å². The number of benzene rings is 1. The van der Waals surface area contributed by atoms with Gasteiger partial charge in [0.2, 0.25) is 0 Å². The summed E-state index contributed by atoms with van der Waals surface area (Å²) < 4.78 is 7.49. The summed E-state index contributed by atoms with van der Waals surface area (Å²) in [4.78, 5) is 27.2. The van der Waals surface area contributed by atoms with Gasteiger partial charge in [0.1, 0.15) is 11.9 Å². The molecule has 2 unspecified atom stereocenters. The average molecular weight is 504 g/mol. The Labute approximate surface area is 216 Å². The topological polar surface area (TPSA) is 85.0 Å². The van der Waals surface area contributed by atoms with E-state index in [0.717, 1.165) is 47.5 Å². The normalized spacial score (nSPS) is 15.6. The first-order chi connectivity index (χ1) is 17.5. The molecule has 0 spiro atoms. The summed E-state index contributed by atoms with van der Waals surface area (Å²) in [5.74, 6) is 0.374. The molecule has 3 aromatic rings. The van der Waals surface area contributed by atoms with E-state index in [-0.39, 0.29) is 23.6 Å². The van der Waals surface area contributed by atoms with Crippen molar-refractivity contribution in [1.29, 1.82) is 5.26 Å². The Hall–Kier alpha value is -3.24. The molecular weight excluding hydrogens is 470 g/mol. The van der Waals surface area contributed by atoms with Gasteiger partial charge >= 0.3 is 5.97 Å². The van der Waals surface area contributed by atoms with Gasteiger partial charge in [0, 0.05) is 41.0 Å². The number of ether oxygens (including phenoxy) is 1. The Morgan fingerprint density at radius 1 is 1.28 bits per heavy atom. The minimum Gasteiger partial charge on any atom is -0.465 e. The van der Waals surface area contributed by atoms with Crippen molar-refractivity contribution in [2.24, 2.45) is 5.92 Å². The summed E-state index contributed by atoms with van der Waals surface area (Å²) in [7, 11) is 0. The van der Waals surface area contributed by atoms with Crippen LogP contribution >= 0.6 is 11.3 Å². The van der Waals surface area contributed by atoms with Crippen LogP contribution in [0.4, 0.5) is 0 Å². The number of nitrogens with zero attached hydrogens (tertiary/aromatic N) is 3. The van der Waals surface area contributed by atoms with Crippen molar-refractivity contribution in [2.45, 2.75) is 71.3 Å². The lowest BCUT2D eigenvalue weighted by atomic mass is 9.87. The third-order valence-electron chi connectivity index (χ3n) is 6.98. The highest BCUT2D eigenvalue weighted by molar-refractivity contribution is 7.12. The first-order valence-corrected chi connectivity index (χ1v) is 13.6. The number of rotatable bonds is 11. The molecule has 36 heavy (non-hydrogen) atoms. The van der Waals surface area contributed by atoms with Gasteiger partial charge < -0.3 is 4.74 Å². The molecule has 2 atom stereocenters. The fraction of sp³-hybridized carbons (Fsp3) is 0.448. The van der Waals surface area contributed by atoms with E-state index in [1.807, 2.05) is 35.9 Å². The maximum Gasteiger partial charge on any atom is 0.306 e. The maximum atomic E-state index is 12.8. The zero-order valence-electron chi connectivity index (χ0n) is 21.0. The molecule has 4 rings (SSSR count). The van der Waals surface area contributed by atoms with Crippen molar-refractivity contribution >= 4 is 23.1 Å². The van der Waals surface area contributed by atoms with Crippen LogP contribution in [0.15, 0.2) is 42.6 Å². The Kier molecular flexibility index (Phi) is 8.71. The molecule has 0 saturated heterocycles. The molecule has 6 nitrogen and oxygen atoms in total. The highest BCUT2D eigenvalue weighted by atomic mass is 32.1. The molecule has 7 heteroatoms. The predicted octanol–water partition coefficient (Wildman–Crippen LogP) is 5.42. The van der Waals surface area contributed by atoms with E-state index in [9.17, 15) is 14.9 Å². The number of thiophene rings is 1. The summed E-state index contributed by atoms with van der Waals surface area (Å²) >= 11 is 1.59. The van der Waals surface area contributed by atoms with E-state index in [0.29, 0.717) is 37.9 Å². The molecule has 188 valence electrons. The predicted molar refractivity (Wildman–Crippen MR) is 140 cm³/mol. The molecule has 1 aliphatic carbocycles. The van der Waals surface area contributed by atoms with Crippen molar-refractivity contribution in [1.82, 2.24) is 9.78 Å². The molecule has 0 saturated carbocycles. The number of nitriles is 1. The average Bonchev–Trinajstić information content (AvgIpc) is 3.49. The number of hydrogen-bond donors (Lipinski definition) is 0. The number of esters is 1. The summed E-state index contributed by atoms with van der Waals surface area (Å²) in [6.45, 7) is 5.28. The van der Waals surface area contributed by atoms with Crippen molar-refractivity contribution < 1.29 is 14.3 Å². The van der Waals surface area contributed by atoms with Crippen molar-refractivity contribution in [3.63, 3.8) is 0 Å². The third kappa shape index (κ3) is 6.30. The lowest BCUT2D eigenvalue weighted by molar-refractivity contribution is -0.145. The van der Waals surface area contributed by atoms with Crippen LogP contribution in [0.25, 0.3) is 0 Å². The molecule has 0 fully saturated rings. The zero-order valence-corrected chi connectivity index (χ0v) is 21.9. The Morgan fingerprint density at radius 2 is 2.08 bits per heavy atom. The number of ketones is 1. The Morgan fingerprint density at radius 3 is 2.83 bits per heavy atom. The van der Waals surface area contributed by atoms with E-state index >= 15 is 0 Å². The fourth-order valence-corrected chi connectivity index (χ4v) is 6.42. The number of fused-ring (bicyclic) bond motifs is 1. The minimum atomic E-state index is -0.188. The standard InChI is InChI=1S/C29H33N3O3S/c1-3-32-23(13-14-31-32)10-12-29(34)35-19-21-9-11-25-26(18-30)28(36-27(25)16-21)17-24(33)15-20(2)22-7-5-4-6-8-22/h4-8,13-14,20-21H,3,9-12,15-17,19H2,1-2H3. The maximum absolute atomic E-state index is 12.8. The van der Waals surface area contributed by atoms with E-state index in [4.69, 9.17) is 4.74 Å². The lowest BCUT2D eigenvalue weighted by Crippen LogP contribution is -2.21. The number of Topliss-reactive ketones (excluding diaryl/α,β-unsaturated/α-hetero) is 1. The highest BCUT2D eigenvalue weighted by Crippen LogP contribution is 2.37. The van der Waals surface area contributed by atoms with Gasteiger partial charge in [-0.2, -0.15) is 10.4 Å². The van der Waals surface area contributed by atoms with E-state index in [2.05, 4.69) is 30.2 Å². The molecule has 0 aliphatic heterocycles. The van der Waals surface area contributed by atoms with Gasteiger partial charge in [-0.15, -0.1) is 11.3 Å². The van der Waals surface area contributed by atoms with Gasteiger partial charge in [0.05, 0.1) is 18.6 Å². The van der Waals surface area contributed by atoms with Crippen LogP contribution in [0.5, 0.6) is 0 Å². The monoisotopic (exact) mass is 503 g/mol. The Bertz CT molecular complexity index is 1240. The van der Waals surface area contributed by atoms with Crippen molar-refractivity contribution in [3.8, 4) is 6.07 Å². The van der Waals surface area contributed by atoms with Crippen LogP contribution in [0, 0.1) is 17.2 Å². The second-order valence-corrected chi connectivity index (χ2v) is 10.8. The molecule has 1 aliphatic rings. The van der Waals surface area contributed by atoms with Crippen LogP contribution in [-0.2, 0) is 46.6 Å². The number of aromatic nitrogens is 2. The summed E-state index contributed by atoms with van der Waals surface area (Å²) in [6, 6.07) is 14.4. The summed E-state index contributed by atoms with van der Waals surface area (Å²) in [5, 5.41) is 14.1. The van der Waals surface area contributed by atoms with E-state index in [1.54, 1.807) is 17.5 Å². The van der Waals surface area contributed by atoms with Gasteiger partial charge in [0.15, 0.2) is 0 Å².